The Hall–Kier alpha value is -1.30. The molecule has 0 saturated carbocycles. The molecule has 4 nitrogen and oxygen atoms in total. The van der Waals surface area contributed by atoms with Crippen molar-refractivity contribution < 1.29 is 0 Å². The van der Waals surface area contributed by atoms with Gasteiger partial charge in [0.15, 0.2) is 0 Å². The molecule has 0 N–H and O–H groups in total. The number of pyridine rings is 1. The third-order valence-corrected chi connectivity index (χ3v) is 5.47. The highest BCUT2D eigenvalue weighted by Crippen LogP contribution is 2.26. The SMILES string of the molecule is CC(C)(C)c1nc(CN2CCN(Cc3ccccn3)CC2)cs1. The predicted octanol–water partition coefficient (Wildman–Crippen LogP) is 3.15. The zero-order chi connectivity index (χ0) is 16.3. The summed E-state index contributed by atoms with van der Waals surface area (Å²) in [6.07, 6.45) is 1.88. The van der Waals surface area contributed by atoms with E-state index in [1.165, 1.54) is 10.7 Å². The lowest BCUT2D eigenvalue weighted by molar-refractivity contribution is 0.120. The summed E-state index contributed by atoms with van der Waals surface area (Å²) in [5, 5.41) is 3.46. The monoisotopic (exact) mass is 330 g/mol. The van der Waals surface area contributed by atoms with E-state index >= 15 is 0 Å². The van der Waals surface area contributed by atoms with Gasteiger partial charge in [-0.3, -0.25) is 14.8 Å². The molecule has 0 amide bonds. The number of aromatic nitrogens is 2. The molecule has 23 heavy (non-hydrogen) atoms. The molecule has 3 heterocycles. The molecular formula is C18H26N4S. The summed E-state index contributed by atoms with van der Waals surface area (Å²) in [6, 6.07) is 6.14. The minimum absolute atomic E-state index is 0.157. The standard InChI is InChI=1S/C18H26N4S/c1-18(2,3)17-20-16(14-23-17)13-22-10-8-21(9-11-22)12-15-6-4-5-7-19-15/h4-7,14H,8-13H2,1-3H3. The number of hydrogen-bond acceptors (Lipinski definition) is 5. The minimum atomic E-state index is 0.157. The van der Waals surface area contributed by atoms with Gasteiger partial charge in [0.05, 0.1) is 16.4 Å². The van der Waals surface area contributed by atoms with Crippen molar-refractivity contribution in [1.29, 1.82) is 0 Å². The van der Waals surface area contributed by atoms with Crippen molar-refractivity contribution in [2.75, 3.05) is 26.2 Å². The van der Waals surface area contributed by atoms with Gasteiger partial charge in [0.2, 0.25) is 0 Å². The Morgan fingerprint density at radius 2 is 1.65 bits per heavy atom. The van der Waals surface area contributed by atoms with Crippen LogP contribution in [0, 0.1) is 0 Å². The summed E-state index contributed by atoms with van der Waals surface area (Å²) in [5.41, 5.74) is 2.54. The Bertz CT molecular complexity index is 609. The van der Waals surface area contributed by atoms with E-state index in [0.717, 1.165) is 45.0 Å². The molecule has 0 spiro atoms. The fourth-order valence-electron chi connectivity index (χ4n) is 2.78. The topological polar surface area (TPSA) is 32.3 Å². The molecule has 5 heteroatoms. The Labute approximate surface area is 143 Å². The van der Waals surface area contributed by atoms with E-state index < -0.39 is 0 Å². The number of thiazole rings is 1. The third-order valence-electron chi connectivity index (χ3n) is 4.16. The molecule has 1 aliphatic heterocycles. The highest BCUT2D eigenvalue weighted by atomic mass is 32.1. The second-order valence-electron chi connectivity index (χ2n) is 7.27. The van der Waals surface area contributed by atoms with Crippen molar-refractivity contribution in [3.63, 3.8) is 0 Å². The summed E-state index contributed by atoms with van der Waals surface area (Å²) in [7, 11) is 0. The number of piperazine rings is 1. The van der Waals surface area contributed by atoms with Crippen molar-refractivity contribution in [3.8, 4) is 0 Å². The van der Waals surface area contributed by atoms with Crippen LogP contribution >= 0.6 is 11.3 Å². The van der Waals surface area contributed by atoms with Gasteiger partial charge in [-0.1, -0.05) is 26.8 Å². The first kappa shape index (κ1) is 16.6. The van der Waals surface area contributed by atoms with Crippen LogP contribution < -0.4 is 0 Å². The summed E-state index contributed by atoms with van der Waals surface area (Å²) >= 11 is 1.79. The Kier molecular flexibility index (Phi) is 5.09. The molecule has 1 aliphatic rings. The second-order valence-corrected chi connectivity index (χ2v) is 8.13. The van der Waals surface area contributed by atoms with Gasteiger partial charge < -0.3 is 0 Å². The molecule has 0 aliphatic carbocycles. The van der Waals surface area contributed by atoms with Gasteiger partial charge in [0, 0.05) is 56.3 Å². The van der Waals surface area contributed by atoms with Gasteiger partial charge in [0.1, 0.15) is 0 Å². The summed E-state index contributed by atoms with van der Waals surface area (Å²) < 4.78 is 0. The molecule has 2 aromatic rings. The molecule has 124 valence electrons. The highest BCUT2D eigenvalue weighted by molar-refractivity contribution is 7.09. The Morgan fingerprint density at radius 1 is 1.00 bits per heavy atom. The molecule has 3 rings (SSSR count). The predicted molar refractivity (Wildman–Crippen MR) is 95.6 cm³/mol. The van der Waals surface area contributed by atoms with E-state index in [1.807, 2.05) is 12.3 Å². The average molecular weight is 331 g/mol. The first-order chi connectivity index (χ1) is 11.0. The van der Waals surface area contributed by atoms with E-state index in [4.69, 9.17) is 4.98 Å². The minimum Gasteiger partial charge on any atom is -0.295 e. The van der Waals surface area contributed by atoms with E-state index in [9.17, 15) is 0 Å². The summed E-state index contributed by atoms with van der Waals surface area (Å²) in [5.74, 6) is 0. The maximum Gasteiger partial charge on any atom is 0.0982 e. The molecule has 0 radical (unpaired) electrons. The Morgan fingerprint density at radius 3 is 2.17 bits per heavy atom. The number of hydrogen-bond donors (Lipinski definition) is 0. The van der Waals surface area contributed by atoms with Crippen molar-refractivity contribution in [2.45, 2.75) is 39.3 Å². The molecule has 0 bridgehead atoms. The summed E-state index contributed by atoms with van der Waals surface area (Å²) in [4.78, 5) is 14.2. The van der Waals surface area contributed by atoms with Crippen LogP contribution in [0.5, 0.6) is 0 Å². The van der Waals surface area contributed by atoms with Crippen LogP contribution in [-0.4, -0.2) is 45.9 Å². The van der Waals surface area contributed by atoms with Crippen molar-refractivity contribution in [3.05, 3.63) is 46.2 Å². The Balaban J connectivity index is 1.48. The van der Waals surface area contributed by atoms with Gasteiger partial charge in [-0.25, -0.2) is 4.98 Å². The molecule has 2 aromatic heterocycles. The van der Waals surface area contributed by atoms with Crippen molar-refractivity contribution in [1.82, 2.24) is 19.8 Å². The molecule has 0 unspecified atom stereocenters. The van der Waals surface area contributed by atoms with Crippen LogP contribution in [-0.2, 0) is 18.5 Å². The van der Waals surface area contributed by atoms with Crippen LogP contribution in [0.4, 0.5) is 0 Å². The van der Waals surface area contributed by atoms with Gasteiger partial charge in [-0.05, 0) is 12.1 Å². The molecule has 1 saturated heterocycles. The maximum absolute atomic E-state index is 4.82. The largest absolute Gasteiger partial charge is 0.295 e. The van der Waals surface area contributed by atoms with Crippen LogP contribution in [0.2, 0.25) is 0 Å². The zero-order valence-corrected chi connectivity index (χ0v) is 15.1. The number of rotatable bonds is 4. The third kappa shape index (κ3) is 4.59. The van der Waals surface area contributed by atoms with E-state index in [2.05, 4.69) is 53.1 Å². The first-order valence-electron chi connectivity index (χ1n) is 8.30. The van der Waals surface area contributed by atoms with Gasteiger partial charge >= 0.3 is 0 Å². The van der Waals surface area contributed by atoms with Crippen LogP contribution in [0.15, 0.2) is 29.8 Å². The molecule has 0 aromatic carbocycles. The van der Waals surface area contributed by atoms with Crippen LogP contribution in [0.3, 0.4) is 0 Å². The smallest absolute Gasteiger partial charge is 0.0982 e. The van der Waals surface area contributed by atoms with E-state index in [0.29, 0.717) is 0 Å². The van der Waals surface area contributed by atoms with Crippen molar-refractivity contribution >= 4 is 11.3 Å². The lowest BCUT2D eigenvalue weighted by atomic mass is 9.98. The quantitative estimate of drug-likeness (QED) is 0.862. The van der Waals surface area contributed by atoms with Crippen molar-refractivity contribution in [2.24, 2.45) is 0 Å². The zero-order valence-electron chi connectivity index (χ0n) is 14.3. The molecule has 0 atom stereocenters. The normalized spacial score (nSPS) is 17.5. The van der Waals surface area contributed by atoms with Crippen LogP contribution in [0.1, 0.15) is 37.2 Å². The van der Waals surface area contributed by atoms with E-state index in [1.54, 1.807) is 11.3 Å². The van der Waals surface area contributed by atoms with Gasteiger partial charge in [0.25, 0.3) is 0 Å². The first-order valence-corrected chi connectivity index (χ1v) is 9.18. The van der Waals surface area contributed by atoms with Crippen LogP contribution in [0.25, 0.3) is 0 Å². The molecular weight excluding hydrogens is 304 g/mol. The highest BCUT2D eigenvalue weighted by Gasteiger charge is 2.21. The lowest BCUT2D eigenvalue weighted by Gasteiger charge is -2.34. The molecule has 1 fully saturated rings. The fourth-order valence-corrected chi connectivity index (χ4v) is 3.68. The second kappa shape index (κ2) is 7.07. The lowest BCUT2D eigenvalue weighted by Crippen LogP contribution is -2.45. The average Bonchev–Trinajstić information content (AvgIpc) is 2.99. The fraction of sp³-hybridized carbons (Fsp3) is 0.556. The van der Waals surface area contributed by atoms with E-state index in [-0.39, 0.29) is 5.41 Å². The van der Waals surface area contributed by atoms with Gasteiger partial charge in [-0.2, -0.15) is 0 Å². The summed E-state index contributed by atoms with van der Waals surface area (Å²) in [6.45, 7) is 13.0. The maximum atomic E-state index is 4.82. The van der Waals surface area contributed by atoms with Gasteiger partial charge in [-0.15, -0.1) is 11.3 Å². The number of nitrogens with zero attached hydrogens (tertiary/aromatic N) is 4.